The van der Waals surface area contributed by atoms with Crippen molar-refractivity contribution in [3.05, 3.63) is 58.6 Å². The van der Waals surface area contributed by atoms with E-state index < -0.39 is 28.6 Å². The van der Waals surface area contributed by atoms with E-state index in [2.05, 4.69) is 4.72 Å². The molecule has 0 saturated heterocycles. The fourth-order valence-electron chi connectivity index (χ4n) is 2.85. The van der Waals surface area contributed by atoms with Gasteiger partial charge in [-0.25, -0.2) is 17.9 Å². The Balaban J connectivity index is 1.69. The smallest absolute Gasteiger partial charge is 0.346 e. The lowest BCUT2D eigenvalue weighted by Crippen LogP contribution is -2.40. The van der Waals surface area contributed by atoms with Crippen molar-refractivity contribution < 1.29 is 23.1 Å². The SMILES string of the molecule is O=C(O)C(CNS(=O)(=O)c1ccc(Cl)cc1)Oc1ccc2c(c1)CCC2. The Hall–Kier alpha value is -2.09. The summed E-state index contributed by atoms with van der Waals surface area (Å²) >= 11 is 5.75. The van der Waals surface area contributed by atoms with Gasteiger partial charge in [0.15, 0.2) is 0 Å². The molecule has 26 heavy (non-hydrogen) atoms. The largest absolute Gasteiger partial charge is 0.478 e. The highest BCUT2D eigenvalue weighted by atomic mass is 35.5. The summed E-state index contributed by atoms with van der Waals surface area (Å²) in [6.45, 7) is -0.391. The van der Waals surface area contributed by atoms with Crippen LogP contribution in [0.25, 0.3) is 0 Å². The predicted molar refractivity (Wildman–Crippen MR) is 97.2 cm³/mol. The molecule has 0 bridgehead atoms. The van der Waals surface area contributed by atoms with Gasteiger partial charge < -0.3 is 9.84 Å². The molecule has 0 amide bonds. The molecule has 1 aliphatic rings. The molecule has 1 aliphatic carbocycles. The maximum Gasteiger partial charge on any atom is 0.346 e. The number of carboxylic acid groups (broad SMARTS) is 1. The van der Waals surface area contributed by atoms with E-state index >= 15 is 0 Å². The van der Waals surface area contributed by atoms with Crippen LogP contribution < -0.4 is 9.46 Å². The monoisotopic (exact) mass is 395 g/mol. The fraction of sp³-hybridized carbons (Fsp3) is 0.278. The van der Waals surface area contributed by atoms with Crippen molar-refractivity contribution in [1.82, 2.24) is 4.72 Å². The first-order valence-corrected chi connectivity index (χ1v) is 9.98. The molecule has 0 spiro atoms. The van der Waals surface area contributed by atoms with Crippen LogP contribution in [0.15, 0.2) is 47.4 Å². The lowest BCUT2D eigenvalue weighted by Gasteiger charge is -2.17. The summed E-state index contributed by atoms with van der Waals surface area (Å²) in [5.41, 5.74) is 2.39. The molecule has 2 aromatic rings. The van der Waals surface area contributed by atoms with Crippen molar-refractivity contribution in [1.29, 1.82) is 0 Å². The molecule has 2 N–H and O–H groups in total. The summed E-state index contributed by atoms with van der Waals surface area (Å²) in [6, 6.07) is 11.1. The number of hydrogen-bond acceptors (Lipinski definition) is 4. The number of hydrogen-bond donors (Lipinski definition) is 2. The standard InChI is InChI=1S/C18H18ClNO5S/c19-14-5-8-16(9-6-14)26(23,24)20-11-17(18(21)22)25-15-7-4-12-2-1-3-13(12)10-15/h4-10,17,20H,1-3,11H2,(H,21,22). The minimum absolute atomic E-state index is 0.00331. The van der Waals surface area contributed by atoms with E-state index in [-0.39, 0.29) is 4.90 Å². The molecule has 0 fully saturated rings. The van der Waals surface area contributed by atoms with Gasteiger partial charge in [0.25, 0.3) is 0 Å². The summed E-state index contributed by atoms with van der Waals surface area (Å²) in [4.78, 5) is 11.5. The number of carboxylic acids is 1. The third-order valence-electron chi connectivity index (χ3n) is 4.21. The second-order valence-electron chi connectivity index (χ2n) is 6.03. The minimum Gasteiger partial charge on any atom is -0.478 e. The van der Waals surface area contributed by atoms with E-state index in [0.29, 0.717) is 10.8 Å². The number of nitrogens with one attached hydrogen (secondary N) is 1. The molecule has 138 valence electrons. The minimum atomic E-state index is -3.86. The molecule has 1 atom stereocenters. The first kappa shape index (κ1) is 18.7. The summed E-state index contributed by atoms with van der Waals surface area (Å²) in [7, 11) is -3.86. The van der Waals surface area contributed by atoms with Crippen molar-refractivity contribution in [2.75, 3.05) is 6.54 Å². The predicted octanol–water partition coefficient (Wildman–Crippen LogP) is 2.64. The van der Waals surface area contributed by atoms with E-state index in [4.69, 9.17) is 16.3 Å². The van der Waals surface area contributed by atoms with Crippen LogP contribution in [-0.4, -0.2) is 32.1 Å². The Kier molecular flexibility index (Phi) is 5.50. The number of rotatable bonds is 7. The second-order valence-corrected chi connectivity index (χ2v) is 8.24. The zero-order chi connectivity index (χ0) is 18.7. The number of aliphatic carboxylic acids is 1. The summed E-state index contributed by atoms with van der Waals surface area (Å²) in [5, 5.41) is 9.76. The maximum atomic E-state index is 12.3. The molecular weight excluding hydrogens is 378 g/mol. The molecule has 0 saturated carbocycles. The van der Waals surface area contributed by atoms with Crippen molar-refractivity contribution in [3.8, 4) is 5.75 Å². The normalized spacial score (nSPS) is 14.7. The average molecular weight is 396 g/mol. The average Bonchev–Trinajstić information content (AvgIpc) is 3.06. The van der Waals surface area contributed by atoms with E-state index in [1.165, 1.54) is 29.8 Å². The first-order chi connectivity index (χ1) is 12.3. The zero-order valence-electron chi connectivity index (χ0n) is 13.8. The van der Waals surface area contributed by atoms with Gasteiger partial charge in [0.05, 0.1) is 11.4 Å². The Morgan fingerprint density at radius 3 is 2.54 bits per heavy atom. The number of fused-ring (bicyclic) bond motifs is 1. The second kappa shape index (κ2) is 7.65. The summed E-state index contributed by atoms with van der Waals surface area (Å²) in [6.07, 6.45) is 1.69. The van der Waals surface area contributed by atoms with E-state index in [9.17, 15) is 18.3 Å². The molecule has 1 unspecified atom stereocenters. The highest BCUT2D eigenvalue weighted by Crippen LogP contribution is 2.26. The lowest BCUT2D eigenvalue weighted by molar-refractivity contribution is -0.144. The lowest BCUT2D eigenvalue weighted by atomic mass is 10.1. The molecule has 8 heteroatoms. The molecule has 3 rings (SSSR count). The van der Waals surface area contributed by atoms with E-state index in [0.717, 1.165) is 24.8 Å². The Morgan fingerprint density at radius 2 is 1.85 bits per heavy atom. The van der Waals surface area contributed by atoms with Crippen LogP contribution >= 0.6 is 11.6 Å². The molecule has 0 aromatic heterocycles. The van der Waals surface area contributed by atoms with Crippen LogP contribution in [0, 0.1) is 0 Å². The quantitative estimate of drug-likeness (QED) is 0.751. The van der Waals surface area contributed by atoms with Gasteiger partial charge in [0, 0.05) is 5.02 Å². The van der Waals surface area contributed by atoms with E-state index in [1.807, 2.05) is 12.1 Å². The first-order valence-electron chi connectivity index (χ1n) is 8.12. The molecule has 0 aliphatic heterocycles. The van der Waals surface area contributed by atoms with Crippen molar-refractivity contribution in [2.45, 2.75) is 30.3 Å². The number of carbonyl (C=O) groups is 1. The number of sulfonamides is 1. The Bertz CT molecular complexity index is 912. The number of benzene rings is 2. The van der Waals surface area contributed by atoms with Gasteiger partial charge in [0.1, 0.15) is 5.75 Å². The van der Waals surface area contributed by atoms with Gasteiger partial charge in [-0.05, 0) is 66.8 Å². The topological polar surface area (TPSA) is 92.7 Å². The number of ether oxygens (including phenoxy) is 1. The van der Waals surface area contributed by atoms with Gasteiger partial charge in [0.2, 0.25) is 16.1 Å². The molecule has 6 nitrogen and oxygen atoms in total. The van der Waals surface area contributed by atoms with Crippen molar-refractivity contribution in [2.24, 2.45) is 0 Å². The number of halogens is 1. The van der Waals surface area contributed by atoms with Crippen molar-refractivity contribution >= 4 is 27.6 Å². The van der Waals surface area contributed by atoms with Crippen LogP contribution in [-0.2, 0) is 27.7 Å². The Morgan fingerprint density at radius 1 is 1.15 bits per heavy atom. The molecular formula is C18H18ClNO5S. The molecule has 0 heterocycles. The third-order valence-corrected chi connectivity index (χ3v) is 5.90. The van der Waals surface area contributed by atoms with Crippen LogP contribution in [0.2, 0.25) is 5.02 Å². The van der Waals surface area contributed by atoms with Crippen LogP contribution in [0.4, 0.5) is 0 Å². The van der Waals surface area contributed by atoms with Crippen LogP contribution in [0.5, 0.6) is 5.75 Å². The van der Waals surface area contributed by atoms with Gasteiger partial charge in [-0.1, -0.05) is 17.7 Å². The Labute approximate surface area is 156 Å². The van der Waals surface area contributed by atoms with E-state index in [1.54, 1.807) is 6.07 Å². The van der Waals surface area contributed by atoms with Crippen LogP contribution in [0.1, 0.15) is 17.5 Å². The van der Waals surface area contributed by atoms with Crippen LogP contribution in [0.3, 0.4) is 0 Å². The molecule has 2 aromatic carbocycles. The number of aryl methyl sites for hydroxylation is 2. The highest BCUT2D eigenvalue weighted by molar-refractivity contribution is 7.89. The highest BCUT2D eigenvalue weighted by Gasteiger charge is 2.24. The van der Waals surface area contributed by atoms with Gasteiger partial charge in [-0.15, -0.1) is 0 Å². The van der Waals surface area contributed by atoms with Gasteiger partial charge in [-0.3, -0.25) is 0 Å². The molecule has 0 radical (unpaired) electrons. The van der Waals surface area contributed by atoms with Gasteiger partial charge in [-0.2, -0.15) is 0 Å². The van der Waals surface area contributed by atoms with Gasteiger partial charge >= 0.3 is 5.97 Å². The third kappa shape index (κ3) is 4.35. The zero-order valence-corrected chi connectivity index (χ0v) is 15.4. The fourth-order valence-corrected chi connectivity index (χ4v) is 4.01. The van der Waals surface area contributed by atoms with Crippen molar-refractivity contribution in [3.63, 3.8) is 0 Å². The summed E-state index contributed by atoms with van der Waals surface area (Å²) in [5.74, 6) is -0.826. The summed E-state index contributed by atoms with van der Waals surface area (Å²) < 4.78 is 32.3. The maximum absolute atomic E-state index is 12.3.